The number of rotatable bonds is 10. The summed E-state index contributed by atoms with van der Waals surface area (Å²) >= 11 is 6.20. The summed E-state index contributed by atoms with van der Waals surface area (Å²) in [5, 5.41) is 10.3. The van der Waals surface area contributed by atoms with E-state index in [2.05, 4.69) is 34.3 Å². The standard InChI is InChI=1S/C37H42ClNO6/c1-7-9-23-15-24(16-30(44-6)35(23)45-21-22-10-8-11-25(38)14-22)32-33-26(17-36(2,3)19-28(33)40)39(13-12-31(42)43)27-18-37(4,5)20-29(41)34(27)32/h7-8,10-11,14-16,32H,1,9,12-13,17-21H2,2-6H3,(H,42,43). The van der Waals surface area contributed by atoms with Crippen LogP contribution >= 0.6 is 11.6 Å². The van der Waals surface area contributed by atoms with Crippen molar-refractivity contribution in [3.63, 3.8) is 0 Å². The molecule has 1 N–H and O–H groups in total. The molecule has 1 heterocycles. The van der Waals surface area contributed by atoms with E-state index in [0.717, 1.165) is 28.1 Å². The Morgan fingerprint density at radius 2 is 1.64 bits per heavy atom. The van der Waals surface area contributed by atoms with Crippen molar-refractivity contribution < 1.29 is 29.0 Å². The smallest absolute Gasteiger partial charge is 0.305 e. The van der Waals surface area contributed by atoms with Crippen LogP contribution in [0, 0.1) is 10.8 Å². The van der Waals surface area contributed by atoms with E-state index in [1.54, 1.807) is 13.2 Å². The van der Waals surface area contributed by atoms with Crippen molar-refractivity contribution >= 4 is 29.1 Å². The quantitative estimate of drug-likeness (QED) is 0.267. The fourth-order valence-electron chi connectivity index (χ4n) is 7.11. The Morgan fingerprint density at radius 3 is 2.18 bits per heavy atom. The van der Waals surface area contributed by atoms with Crippen LogP contribution in [-0.2, 0) is 27.4 Å². The number of methoxy groups -OCH3 is 1. The minimum atomic E-state index is -0.920. The molecule has 0 amide bonds. The van der Waals surface area contributed by atoms with Gasteiger partial charge in [0.25, 0.3) is 0 Å². The third-order valence-electron chi connectivity index (χ3n) is 8.91. The highest BCUT2D eigenvalue weighted by molar-refractivity contribution is 6.30. The van der Waals surface area contributed by atoms with Gasteiger partial charge < -0.3 is 19.5 Å². The summed E-state index contributed by atoms with van der Waals surface area (Å²) in [7, 11) is 1.58. The number of carboxylic acids is 1. The molecule has 0 bridgehead atoms. The summed E-state index contributed by atoms with van der Waals surface area (Å²) in [6.45, 7) is 12.7. The predicted octanol–water partition coefficient (Wildman–Crippen LogP) is 7.82. The topological polar surface area (TPSA) is 93.1 Å². The molecule has 7 nitrogen and oxygen atoms in total. The van der Waals surface area contributed by atoms with E-state index in [9.17, 15) is 19.5 Å². The van der Waals surface area contributed by atoms with Gasteiger partial charge >= 0.3 is 5.97 Å². The number of carbonyl (C=O) groups excluding carboxylic acids is 2. The van der Waals surface area contributed by atoms with Crippen molar-refractivity contribution in [3.05, 3.63) is 93.3 Å². The first-order valence-electron chi connectivity index (χ1n) is 15.4. The molecular weight excluding hydrogens is 590 g/mol. The van der Waals surface area contributed by atoms with Crippen molar-refractivity contribution in [2.45, 2.75) is 78.7 Å². The summed E-state index contributed by atoms with van der Waals surface area (Å²) in [6.07, 6.45) is 4.06. The number of carboxylic acid groups (broad SMARTS) is 1. The molecular formula is C37H42ClNO6. The number of hydrogen-bond acceptors (Lipinski definition) is 6. The van der Waals surface area contributed by atoms with Gasteiger partial charge in [0.2, 0.25) is 0 Å². The highest BCUT2D eigenvalue weighted by Gasteiger charge is 2.49. The Hall–Kier alpha value is -3.84. The Labute approximate surface area is 270 Å². The lowest BCUT2D eigenvalue weighted by molar-refractivity contribution is -0.137. The summed E-state index contributed by atoms with van der Waals surface area (Å²) in [5.41, 5.74) is 4.73. The maximum absolute atomic E-state index is 14.1. The summed E-state index contributed by atoms with van der Waals surface area (Å²) in [4.78, 5) is 42.0. The van der Waals surface area contributed by atoms with Gasteiger partial charge in [-0.25, -0.2) is 0 Å². The van der Waals surface area contributed by atoms with Crippen LogP contribution in [-0.4, -0.2) is 41.2 Å². The van der Waals surface area contributed by atoms with Crippen LogP contribution in [0.15, 0.2) is 71.6 Å². The number of allylic oxidation sites excluding steroid dienone is 5. The summed E-state index contributed by atoms with van der Waals surface area (Å²) in [6, 6.07) is 11.4. The number of carbonyl (C=O) groups is 3. The molecule has 2 aromatic rings. The minimum absolute atomic E-state index is 0.0127. The van der Waals surface area contributed by atoms with Crippen LogP contribution in [0.4, 0.5) is 0 Å². The number of halogens is 1. The van der Waals surface area contributed by atoms with E-state index in [0.29, 0.717) is 59.8 Å². The predicted molar refractivity (Wildman–Crippen MR) is 174 cm³/mol. The molecule has 0 fully saturated rings. The molecule has 0 atom stereocenters. The average Bonchev–Trinajstić information content (AvgIpc) is 2.93. The van der Waals surface area contributed by atoms with Crippen molar-refractivity contribution in [1.82, 2.24) is 4.90 Å². The van der Waals surface area contributed by atoms with Crippen LogP contribution in [0.1, 0.15) is 82.4 Å². The van der Waals surface area contributed by atoms with Gasteiger partial charge in [-0.1, -0.05) is 63.6 Å². The molecule has 2 aliphatic carbocycles. The molecule has 3 aliphatic rings. The van der Waals surface area contributed by atoms with E-state index in [1.165, 1.54) is 0 Å². The zero-order valence-electron chi connectivity index (χ0n) is 26.8. The molecule has 0 unspecified atom stereocenters. The van der Waals surface area contributed by atoms with E-state index in [-0.39, 0.29) is 42.0 Å². The van der Waals surface area contributed by atoms with E-state index >= 15 is 0 Å². The highest BCUT2D eigenvalue weighted by atomic mass is 35.5. The van der Waals surface area contributed by atoms with Gasteiger partial charge in [-0.2, -0.15) is 0 Å². The first-order chi connectivity index (χ1) is 21.2. The third-order valence-corrected chi connectivity index (χ3v) is 9.15. The molecule has 5 rings (SSSR count). The molecule has 238 valence electrons. The molecule has 0 saturated carbocycles. The second-order valence-electron chi connectivity index (χ2n) is 14.0. The van der Waals surface area contributed by atoms with Gasteiger partial charge in [0.15, 0.2) is 23.1 Å². The second kappa shape index (κ2) is 12.5. The number of aliphatic carboxylic acids is 1. The Kier molecular flexibility index (Phi) is 9.05. The molecule has 0 aromatic heterocycles. The van der Waals surface area contributed by atoms with Gasteiger partial charge in [-0.3, -0.25) is 14.4 Å². The third kappa shape index (κ3) is 6.74. The highest BCUT2D eigenvalue weighted by Crippen LogP contribution is 2.55. The fourth-order valence-corrected chi connectivity index (χ4v) is 7.33. The lowest BCUT2D eigenvalue weighted by atomic mass is 9.63. The normalized spacial score (nSPS) is 19.3. The van der Waals surface area contributed by atoms with Crippen LogP contribution in [0.5, 0.6) is 11.5 Å². The Bertz CT molecular complexity index is 1580. The van der Waals surface area contributed by atoms with E-state index in [4.69, 9.17) is 21.1 Å². The largest absolute Gasteiger partial charge is 0.493 e. The van der Waals surface area contributed by atoms with E-state index in [1.807, 2.05) is 41.3 Å². The zero-order valence-corrected chi connectivity index (χ0v) is 27.6. The van der Waals surface area contributed by atoms with Crippen LogP contribution in [0.25, 0.3) is 0 Å². The fraction of sp³-hybridized carbons (Fsp3) is 0.432. The monoisotopic (exact) mass is 631 g/mol. The lowest BCUT2D eigenvalue weighted by Crippen LogP contribution is -2.45. The number of nitrogens with zero attached hydrogens (tertiary/aromatic N) is 1. The first-order valence-corrected chi connectivity index (χ1v) is 15.8. The lowest BCUT2D eigenvalue weighted by Gasteiger charge is -2.49. The first kappa shape index (κ1) is 32.6. The number of hydrogen-bond donors (Lipinski definition) is 1. The van der Waals surface area contributed by atoms with Gasteiger partial charge in [0.1, 0.15) is 6.61 Å². The molecule has 45 heavy (non-hydrogen) atoms. The molecule has 8 heteroatoms. The van der Waals surface area contributed by atoms with Crippen LogP contribution in [0.3, 0.4) is 0 Å². The number of ether oxygens (including phenoxy) is 2. The Morgan fingerprint density at radius 1 is 1.02 bits per heavy atom. The molecule has 0 radical (unpaired) electrons. The number of Topliss-reactive ketones (excluding diaryl/α,β-unsaturated/α-hetero) is 2. The molecule has 2 aromatic carbocycles. The van der Waals surface area contributed by atoms with Gasteiger partial charge in [0, 0.05) is 58.4 Å². The van der Waals surface area contributed by atoms with Gasteiger partial charge in [-0.15, -0.1) is 6.58 Å². The SMILES string of the molecule is C=CCc1cc(C2C3=C(CC(C)(C)CC3=O)N(CCC(=O)O)C3=C2C(=O)CC(C)(C)C3)cc(OC)c1OCc1cccc(Cl)c1. The summed E-state index contributed by atoms with van der Waals surface area (Å²) in [5.74, 6) is -0.478. The van der Waals surface area contributed by atoms with Gasteiger partial charge in [-0.05, 0) is 59.4 Å². The minimum Gasteiger partial charge on any atom is -0.493 e. The maximum Gasteiger partial charge on any atom is 0.305 e. The zero-order chi connectivity index (χ0) is 32.7. The van der Waals surface area contributed by atoms with Crippen LogP contribution in [0.2, 0.25) is 5.02 Å². The van der Waals surface area contributed by atoms with Crippen molar-refractivity contribution in [3.8, 4) is 11.5 Å². The van der Waals surface area contributed by atoms with Crippen molar-refractivity contribution in [1.29, 1.82) is 0 Å². The van der Waals surface area contributed by atoms with Gasteiger partial charge in [0.05, 0.1) is 13.5 Å². The Balaban J connectivity index is 1.70. The molecule has 0 spiro atoms. The average molecular weight is 632 g/mol. The number of benzene rings is 2. The van der Waals surface area contributed by atoms with Crippen molar-refractivity contribution in [2.75, 3.05) is 13.7 Å². The molecule has 0 saturated heterocycles. The molecule has 1 aliphatic heterocycles. The maximum atomic E-state index is 14.1. The number of ketones is 2. The second-order valence-corrected chi connectivity index (χ2v) is 14.4. The van der Waals surface area contributed by atoms with Crippen LogP contribution < -0.4 is 9.47 Å². The van der Waals surface area contributed by atoms with E-state index < -0.39 is 11.9 Å². The summed E-state index contributed by atoms with van der Waals surface area (Å²) < 4.78 is 12.2. The van der Waals surface area contributed by atoms with Crippen molar-refractivity contribution in [2.24, 2.45) is 10.8 Å².